The van der Waals surface area contributed by atoms with Crippen molar-refractivity contribution in [1.82, 2.24) is 19.6 Å². The molecule has 0 unspecified atom stereocenters. The van der Waals surface area contributed by atoms with Gasteiger partial charge in [0.05, 0.1) is 24.6 Å². The first-order valence-corrected chi connectivity index (χ1v) is 6.29. The zero-order valence-corrected chi connectivity index (χ0v) is 11.7. The summed E-state index contributed by atoms with van der Waals surface area (Å²) in [4.78, 5) is 12.7. The van der Waals surface area contributed by atoms with Crippen molar-refractivity contribution in [2.75, 3.05) is 7.11 Å². The van der Waals surface area contributed by atoms with E-state index in [9.17, 15) is 4.79 Å². The lowest BCUT2D eigenvalue weighted by molar-refractivity contribution is 0.102. The van der Waals surface area contributed by atoms with E-state index < -0.39 is 0 Å². The Morgan fingerprint density at radius 2 is 2.16 bits per heavy atom. The molecule has 0 aromatic carbocycles. The summed E-state index contributed by atoms with van der Waals surface area (Å²) < 4.78 is 8.52. The van der Waals surface area contributed by atoms with Crippen LogP contribution in [-0.4, -0.2) is 32.5 Å². The van der Waals surface area contributed by atoms with Gasteiger partial charge in [-0.05, 0) is 13.3 Å². The van der Waals surface area contributed by atoms with Crippen LogP contribution in [0.4, 0.5) is 0 Å². The first-order valence-electron chi connectivity index (χ1n) is 6.29. The van der Waals surface area contributed by atoms with E-state index in [0.717, 1.165) is 5.69 Å². The normalized spacial score (nSPS) is 10.7. The third kappa shape index (κ3) is 2.25. The molecule has 2 aromatic heterocycles. The molecular weight excluding hydrogens is 244 g/mol. The quantitative estimate of drug-likeness (QED) is 0.765. The van der Waals surface area contributed by atoms with Crippen molar-refractivity contribution in [3.8, 4) is 5.75 Å². The molecule has 2 aromatic rings. The fourth-order valence-electron chi connectivity index (χ4n) is 2.10. The van der Waals surface area contributed by atoms with Crippen LogP contribution in [0.5, 0.6) is 5.75 Å². The van der Waals surface area contributed by atoms with Crippen LogP contribution in [0.1, 0.15) is 35.6 Å². The zero-order valence-electron chi connectivity index (χ0n) is 11.7. The molecule has 0 amide bonds. The van der Waals surface area contributed by atoms with Gasteiger partial charge < -0.3 is 4.74 Å². The van der Waals surface area contributed by atoms with Gasteiger partial charge in [0.15, 0.2) is 11.4 Å². The zero-order chi connectivity index (χ0) is 14.0. The second-order valence-corrected chi connectivity index (χ2v) is 4.22. The van der Waals surface area contributed by atoms with Crippen LogP contribution in [0.25, 0.3) is 0 Å². The summed E-state index contributed by atoms with van der Waals surface area (Å²) in [5.74, 6) is 0.402. The molecule has 0 saturated heterocycles. The van der Waals surface area contributed by atoms with Crippen LogP contribution in [0.2, 0.25) is 0 Å². The highest BCUT2D eigenvalue weighted by Crippen LogP contribution is 2.22. The number of ketones is 1. The first-order chi connectivity index (χ1) is 9.12. The van der Waals surface area contributed by atoms with Crippen LogP contribution < -0.4 is 4.74 Å². The van der Waals surface area contributed by atoms with Crippen molar-refractivity contribution in [3.63, 3.8) is 0 Å². The topological polar surface area (TPSA) is 61.9 Å². The van der Waals surface area contributed by atoms with E-state index in [1.807, 2.05) is 20.9 Å². The number of rotatable bonds is 5. The molecule has 2 heterocycles. The number of carbonyl (C=O) groups excluding carboxylic acids is 1. The van der Waals surface area contributed by atoms with Gasteiger partial charge in [0.1, 0.15) is 0 Å². The minimum Gasteiger partial charge on any atom is -0.493 e. The van der Waals surface area contributed by atoms with Crippen molar-refractivity contribution < 1.29 is 9.53 Å². The fraction of sp³-hybridized carbons (Fsp3) is 0.462. The molecule has 0 N–H and O–H groups in total. The lowest BCUT2D eigenvalue weighted by atomic mass is 10.1. The number of hydrogen-bond donors (Lipinski definition) is 0. The van der Waals surface area contributed by atoms with E-state index in [-0.39, 0.29) is 5.78 Å². The summed E-state index contributed by atoms with van der Waals surface area (Å²) in [5, 5.41) is 8.45. The van der Waals surface area contributed by atoms with Gasteiger partial charge in [-0.1, -0.05) is 6.92 Å². The van der Waals surface area contributed by atoms with E-state index >= 15 is 0 Å². The Hall–Kier alpha value is -2.11. The van der Waals surface area contributed by atoms with E-state index in [1.165, 1.54) is 7.11 Å². The average Bonchev–Trinajstić information content (AvgIpc) is 3.00. The Morgan fingerprint density at radius 3 is 2.74 bits per heavy atom. The molecule has 6 heteroatoms. The Labute approximate surface area is 112 Å². The number of ether oxygens (including phenoxy) is 1. The fourth-order valence-corrected chi connectivity index (χ4v) is 2.10. The monoisotopic (exact) mass is 262 g/mol. The number of methoxy groups -OCH3 is 1. The molecule has 102 valence electrons. The Kier molecular flexibility index (Phi) is 3.69. The van der Waals surface area contributed by atoms with Crippen LogP contribution >= 0.6 is 0 Å². The maximum Gasteiger partial charge on any atom is 0.218 e. The average molecular weight is 262 g/mol. The largest absolute Gasteiger partial charge is 0.493 e. The molecular formula is C13H18N4O2. The Morgan fingerprint density at radius 1 is 1.42 bits per heavy atom. The van der Waals surface area contributed by atoms with Gasteiger partial charge in [0, 0.05) is 19.8 Å². The molecule has 0 spiro atoms. The molecule has 0 aliphatic rings. The molecule has 0 atom stereocenters. The predicted molar refractivity (Wildman–Crippen MR) is 70.5 cm³/mol. The van der Waals surface area contributed by atoms with Crippen molar-refractivity contribution in [2.45, 2.75) is 26.8 Å². The first kappa shape index (κ1) is 13.3. The van der Waals surface area contributed by atoms with E-state index in [0.29, 0.717) is 30.0 Å². The maximum atomic E-state index is 12.7. The lowest BCUT2D eigenvalue weighted by Gasteiger charge is -2.05. The Balaban J connectivity index is 2.51. The van der Waals surface area contributed by atoms with Crippen molar-refractivity contribution in [1.29, 1.82) is 0 Å². The number of nitrogens with zero attached hydrogens (tertiary/aromatic N) is 4. The molecule has 0 bridgehead atoms. The van der Waals surface area contributed by atoms with E-state index in [1.54, 1.807) is 21.8 Å². The minimum atomic E-state index is -0.0962. The van der Waals surface area contributed by atoms with Crippen LogP contribution in [0, 0.1) is 0 Å². The summed E-state index contributed by atoms with van der Waals surface area (Å²) in [6.45, 7) is 4.53. The van der Waals surface area contributed by atoms with Crippen molar-refractivity contribution in [3.05, 3.63) is 29.3 Å². The second-order valence-electron chi connectivity index (χ2n) is 4.22. The van der Waals surface area contributed by atoms with Gasteiger partial charge >= 0.3 is 0 Å². The van der Waals surface area contributed by atoms with Gasteiger partial charge in [0.25, 0.3) is 0 Å². The molecule has 0 aliphatic heterocycles. The third-order valence-corrected chi connectivity index (χ3v) is 3.03. The summed E-state index contributed by atoms with van der Waals surface area (Å²) in [6.07, 6.45) is 4.02. The smallest absolute Gasteiger partial charge is 0.218 e. The third-order valence-electron chi connectivity index (χ3n) is 3.03. The van der Waals surface area contributed by atoms with Gasteiger partial charge in [-0.3, -0.25) is 14.2 Å². The molecule has 6 nitrogen and oxygen atoms in total. The van der Waals surface area contributed by atoms with Gasteiger partial charge in [-0.25, -0.2) is 0 Å². The van der Waals surface area contributed by atoms with Gasteiger partial charge in [0.2, 0.25) is 5.78 Å². The summed E-state index contributed by atoms with van der Waals surface area (Å²) in [7, 11) is 3.35. The van der Waals surface area contributed by atoms with Gasteiger partial charge in [-0.15, -0.1) is 0 Å². The maximum absolute atomic E-state index is 12.7. The highest BCUT2D eigenvalue weighted by Gasteiger charge is 2.24. The summed E-state index contributed by atoms with van der Waals surface area (Å²) in [5.41, 5.74) is 1.88. The van der Waals surface area contributed by atoms with Crippen molar-refractivity contribution in [2.24, 2.45) is 7.05 Å². The molecule has 2 rings (SSSR count). The van der Waals surface area contributed by atoms with Crippen LogP contribution in [-0.2, 0) is 20.0 Å². The summed E-state index contributed by atoms with van der Waals surface area (Å²) in [6, 6.07) is 0. The lowest BCUT2D eigenvalue weighted by Crippen LogP contribution is -2.12. The number of carbonyl (C=O) groups is 1. The molecule has 0 saturated carbocycles. The van der Waals surface area contributed by atoms with E-state index in [2.05, 4.69) is 10.2 Å². The predicted octanol–water partition coefficient (Wildman–Crippen LogP) is 1.44. The Bertz CT molecular complexity index is 576. The number of aryl methyl sites for hydroxylation is 3. The highest BCUT2D eigenvalue weighted by molar-refractivity contribution is 6.10. The SMILES string of the molecule is CCc1nn(C)cc1C(=O)c1c(OC)cnn1CC. The van der Waals surface area contributed by atoms with Crippen LogP contribution in [0.15, 0.2) is 12.4 Å². The second kappa shape index (κ2) is 5.26. The summed E-state index contributed by atoms with van der Waals surface area (Å²) >= 11 is 0. The highest BCUT2D eigenvalue weighted by atomic mass is 16.5. The standard InChI is InChI=1S/C13H18N4O2/c1-5-10-9(8-16(3)15-10)13(18)12-11(19-4)7-14-17(12)6-2/h7-8H,5-6H2,1-4H3. The molecule has 0 fully saturated rings. The molecule has 19 heavy (non-hydrogen) atoms. The van der Waals surface area contributed by atoms with Gasteiger partial charge in [-0.2, -0.15) is 10.2 Å². The van der Waals surface area contributed by atoms with E-state index in [4.69, 9.17) is 4.74 Å². The van der Waals surface area contributed by atoms with Crippen LogP contribution in [0.3, 0.4) is 0 Å². The minimum absolute atomic E-state index is 0.0962. The number of aromatic nitrogens is 4. The molecule has 0 radical (unpaired) electrons. The van der Waals surface area contributed by atoms with Crippen molar-refractivity contribution >= 4 is 5.78 Å². The number of hydrogen-bond acceptors (Lipinski definition) is 4. The molecule has 0 aliphatic carbocycles.